The third kappa shape index (κ3) is 2.13. The summed E-state index contributed by atoms with van der Waals surface area (Å²) in [6.07, 6.45) is 1.06. The van der Waals surface area contributed by atoms with Crippen molar-refractivity contribution in [3.8, 4) is 5.75 Å². The largest absolute Gasteiger partial charge is 0.497 e. The van der Waals surface area contributed by atoms with E-state index in [1.165, 1.54) is 33.4 Å². The van der Waals surface area contributed by atoms with Crippen molar-refractivity contribution >= 4 is 16.6 Å². The molecule has 0 amide bonds. The van der Waals surface area contributed by atoms with Crippen LogP contribution in [0.4, 0.5) is 5.69 Å². The van der Waals surface area contributed by atoms with E-state index in [0.29, 0.717) is 0 Å². The standard InChI is InChI=1S/C19H20N2O/c1-13-3-8-18-16(11-13)17-12-21(10-9-19(17)20-18)14-4-6-15(22-2)7-5-14/h3-8,11,20H,9-10,12H2,1-2H3. The third-order valence-electron chi connectivity index (χ3n) is 4.57. The van der Waals surface area contributed by atoms with E-state index in [0.717, 1.165) is 25.3 Å². The van der Waals surface area contributed by atoms with Crippen molar-refractivity contribution < 1.29 is 4.74 Å². The number of methoxy groups -OCH3 is 1. The topological polar surface area (TPSA) is 28.3 Å². The molecule has 1 N–H and O–H groups in total. The van der Waals surface area contributed by atoms with Gasteiger partial charge in [0.2, 0.25) is 0 Å². The number of hydrogen-bond acceptors (Lipinski definition) is 2. The summed E-state index contributed by atoms with van der Waals surface area (Å²) in [7, 11) is 1.70. The van der Waals surface area contributed by atoms with Gasteiger partial charge in [-0.05, 0) is 43.3 Å². The van der Waals surface area contributed by atoms with Crippen LogP contribution in [-0.2, 0) is 13.0 Å². The fourth-order valence-corrected chi connectivity index (χ4v) is 3.34. The van der Waals surface area contributed by atoms with Crippen LogP contribution in [0.5, 0.6) is 5.75 Å². The first kappa shape index (κ1) is 13.3. The summed E-state index contributed by atoms with van der Waals surface area (Å²) in [5.74, 6) is 0.907. The van der Waals surface area contributed by atoms with Gasteiger partial charge in [0, 0.05) is 47.4 Å². The molecule has 0 atom stereocenters. The molecule has 3 heteroatoms. The Kier molecular flexibility index (Phi) is 3.07. The van der Waals surface area contributed by atoms with Crippen molar-refractivity contribution in [2.24, 2.45) is 0 Å². The first-order valence-corrected chi connectivity index (χ1v) is 7.73. The lowest BCUT2D eigenvalue weighted by molar-refractivity contribution is 0.415. The molecule has 0 unspecified atom stereocenters. The number of hydrogen-bond donors (Lipinski definition) is 1. The second-order valence-corrected chi connectivity index (χ2v) is 6.00. The van der Waals surface area contributed by atoms with E-state index in [1.807, 2.05) is 12.1 Å². The number of aryl methyl sites for hydroxylation is 1. The van der Waals surface area contributed by atoms with Gasteiger partial charge in [0.05, 0.1) is 7.11 Å². The average Bonchev–Trinajstić information content (AvgIpc) is 2.92. The lowest BCUT2D eigenvalue weighted by Crippen LogP contribution is -2.29. The van der Waals surface area contributed by atoms with Crippen LogP contribution in [0.1, 0.15) is 16.8 Å². The fraction of sp³-hybridized carbons (Fsp3) is 0.263. The second kappa shape index (κ2) is 5.09. The van der Waals surface area contributed by atoms with E-state index in [2.05, 4.69) is 47.1 Å². The Bertz CT molecular complexity index is 817. The number of nitrogens with zero attached hydrogens (tertiary/aromatic N) is 1. The maximum Gasteiger partial charge on any atom is 0.119 e. The molecule has 0 saturated heterocycles. The van der Waals surface area contributed by atoms with E-state index in [9.17, 15) is 0 Å². The fourth-order valence-electron chi connectivity index (χ4n) is 3.34. The van der Waals surface area contributed by atoms with Crippen LogP contribution in [0.2, 0.25) is 0 Å². The second-order valence-electron chi connectivity index (χ2n) is 6.00. The van der Waals surface area contributed by atoms with Crippen molar-refractivity contribution in [2.45, 2.75) is 19.9 Å². The highest BCUT2D eigenvalue weighted by molar-refractivity contribution is 5.86. The Morgan fingerprint density at radius 2 is 1.91 bits per heavy atom. The van der Waals surface area contributed by atoms with Gasteiger partial charge in [0.25, 0.3) is 0 Å². The lowest BCUT2D eigenvalue weighted by atomic mass is 10.0. The van der Waals surface area contributed by atoms with Crippen LogP contribution in [0.3, 0.4) is 0 Å². The molecular formula is C19H20N2O. The van der Waals surface area contributed by atoms with Gasteiger partial charge < -0.3 is 14.6 Å². The average molecular weight is 292 g/mol. The van der Waals surface area contributed by atoms with Gasteiger partial charge in [-0.15, -0.1) is 0 Å². The Morgan fingerprint density at radius 3 is 2.68 bits per heavy atom. The van der Waals surface area contributed by atoms with Gasteiger partial charge in [-0.3, -0.25) is 0 Å². The van der Waals surface area contributed by atoms with Crippen LogP contribution in [0.25, 0.3) is 10.9 Å². The number of aromatic amines is 1. The Balaban J connectivity index is 1.70. The molecule has 22 heavy (non-hydrogen) atoms. The summed E-state index contributed by atoms with van der Waals surface area (Å²) in [6, 6.07) is 15.0. The number of anilines is 1. The number of ether oxygens (including phenoxy) is 1. The molecule has 0 spiro atoms. The number of fused-ring (bicyclic) bond motifs is 3. The van der Waals surface area contributed by atoms with Crippen molar-refractivity contribution in [3.63, 3.8) is 0 Å². The number of H-pyrrole nitrogens is 1. The molecule has 1 aliphatic rings. The zero-order valence-electron chi connectivity index (χ0n) is 13.0. The van der Waals surface area contributed by atoms with Gasteiger partial charge in [0.1, 0.15) is 5.75 Å². The minimum atomic E-state index is 0.907. The smallest absolute Gasteiger partial charge is 0.119 e. The lowest BCUT2D eigenvalue weighted by Gasteiger charge is -2.29. The minimum absolute atomic E-state index is 0.907. The number of benzene rings is 2. The van der Waals surface area contributed by atoms with Crippen LogP contribution in [0.15, 0.2) is 42.5 Å². The number of rotatable bonds is 2. The summed E-state index contributed by atoms with van der Waals surface area (Å²) in [5.41, 5.74) is 6.67. The normalized spacial score (nSPS) is 14.2. The molecule has 2 heterocycles. The molecule has 0 fully saturated rings. The highest BCUT2D eigenvalue weighted by Crippen LogP contribution is 2.31. The Morgan fingerprint density at radius 1 is 1.09 bits per heavy atom. The van der Waals surface area contributed by atoms with E-state index < -0.39 is 0 Å². The quantitative estimate of drug-likeness (QED) is 0.772. The predicted octanol–water partition coefficient (Wildman–Crippen LogP) is 4.05. The van der Waals surface area contributed by atoms with Crippen molar-refractivity contribution in [2.75, 3.05) is 18.6 Å². The number of nitrogens with one attached hydrogen (secondary N) is 1. The van der Waals surface area contributed by atoms with Gasteiger partial charge in [-0.2, -0.15) is 0 Å². The Labute approximate surface area is 130 Å². The molecule has 1 aromatic heterocycles. The van der Waals surface area contributed by atoms with Gasteiger partial charge in [-0.25, -0.2) is 0 Å². The predicted molar refractivity (Wildman–Crippen MR) is 90.8 cm³/mol. The zero-order valence-corrected chi connectivity index (χ0v) is 13.0. The molecule has 0 radical (unpaired) electrons. The first-order chi connectivity index (χ1) is 10.7. The molecule has 0 saturated carbocycles. The summed E-state index contributed by atoms with van der Waals surface area (Å²) in [5, 5.41) is 1.37. The number of aromatic nitrogens is 1. The maximum atomic E-state index is 5.25. The van der Waals surface area contributed by atoms with Gasteiger partial charge in [0.15, 0.2) is 0 Å². The van der Waals surface area contributed by atoms with E-state index in [-0.39, 0.29) is 0 Å². The summed E-state index contributed by atoms with van der Waals surface area (Å²) < 4.78 is 5.25. The molecule has 0 aliphatic carbocycles. The van der Waals surface area contributed by atoms with Crippen molar-refractivity contribution in [3.05, 3.63) is 59.3 Å². The van der Waals surface area contributed by atoms with E-state index >= 15 is 0 Å². The molecule has 1 aliphatic heterocycles. The molecular weight excluding hydrogens is 272 g/mol. The Hall–Kier alpha value is -2.42. The van der Waals surface area contributed by atoms with Crippen LogP contribution >= 0.6 is 0 Å². The van der Waals surface area contributed by atoms with Crippen LogP contribution in [-0.4, -0.2) is 18.6 Å². The van der Waals surface area contributed by atoms with Crippen LogP contribution in [0, 0.1) is 6.92 Å². The molecule has 3 nitrogen and oxygen atoms in total. The zero-order chi connectivity index (χ0) is 15.1. The molecule has 0 bridgehead atoms. The van der Waals surface area contributed by atoms with Gasteiger partial charge >= 0.3 is 0 Å². The molecule has 2 aromatic carbocycles. The monoisotopic (exact) mass is 292 g/mol. The molecule has 112 valence electrons. The summed E-state index contributed by atoms with van der Waals surface area (Å²) in [6.45, 7) is 4.17. The SMILES string of the molecule is COc1ccc(N2CCc3[nH]c4ccc(C)cc4c3C2)cc1. The van der Waals surface area contributed by atoms with Crippen LogP contribution < -0.4 is 9.64 Å². The van der Waals surface area contributed by atoms with Gasteiger partial charge in [-0.1, -0.05) is 11.6 Å². The third-order valence-corrected chi connectivity index (χ3v) is 4.57. The summed E-state index contributed by atoms with van der Waals surface area (Å²) in [4.78, 5) is 6.03. The highest BCUT2D eigenvalue weighted by Gasteiger charge is 2.20. The highest BCUT2D eigenvalue weighted by atomic mass is 16.5. The van der Waals surface area contributed by atoms with E-state index in [4.69, 9.17) is 4.74 Å². The maximum absolute atomic E-state index is 5.25. The first-order valence-electron chi connectivity index (χ1n) is 7.73. The van der Waals surface area contributed by atoms with Crippen molar-refractivity contribution in [1.29, 1.82) is 0 Å². The summed E-state index contributed by atoms with van der Waals surface area (Å²) >= 11 is 0. The molecule has 4 rings (SSSR count). The van der Waals surface area contributed by atoms with E-state index in [1.54, 1.807) is 7.11 Å². The van der Waals surface area contributed by atoms with Crippen molar-refractivity contribution in [1.82, 2.24) is 4.98 Å². The molecule has 3 aromatic rings. The minimum Gasteiger partial charge on any atom is -0.497 e.